The van der Waals surface area contributed by atoms with Gasteiger partial charge in [-0.05, 0) is 82.9 Å². The highest BCUT2D eigenvalue weighted by atomic mass is 16.3. The second-order valence-corrected chi connectivity index (χ2v) is 14.1. The molecule has 5 heteroatoms. The van der Waals surface area contributed by atoms with Crippen LogP contribution in [0.4, 0.5) is 0 Å². The van der Waals surface area contributed by atoms with Crippen LogP contribution in [0.2, 0.25) is 0 Å². The molecule has 8 aromatic carbocycles. The minimum Gasteiger partial charge on any atom is -0.456 e. The van der Waals surface area contributed by atoms with Crippen molar-refractivity contribution in [3.8, 4) is 62.1 Å². The van der Waals surface area contributed by atoms with Crippen LogP contribution in [0.25, 0.3) is 106 Å². The molecule has 0 amide bonds. The maximum atomic E-state index is 6.34. The van der Waals surface area contributed by atoms with Gasteiger partial charge in [0.15, 0.2) is 17.5 Å². The van der Waals surface area contributed by atoms with Gasteiger partial charge >= 0.3 is 0 Å². The Hall–Kier alpha value is -7.63. The number of rotatable bonds is 6. The Bertz CT molecular complexity index is 3240. The molecular formula is C51H32N4O. The predicted molar refractivity (Wildman–Crippen MR) is 229 cm³/mol. The Kier molecular flexibility index (Phi) is 7.42. The van der Waals surface area contributed by atoms with Crippen LogP contribution < -0.4 is 0 Å². The number of hydrogen-bond acceptors (Lipinski definition) is 4. The number of aromatic nitrogens is 4. The number of fused-ring (bicyclic) bond motifs is 6. The molecule has 5 nitrogen and oxygen atoms in total. The molecule has 0 saturated heterocycles. The lowest BCUT2D eigenvalue weighted by Gasteiger charge is -2.10. The lowest BCUT2D eigenvalue weighted by molar-refractivity contribution is 0.669. The molecular weight excluding hydrogens is 685 g/mol. The SMILES string of the molecule is c1ccc(-c2cccc(-c3nc(-c4ccccc4)nc(-c4ccc5c(c4)c4ccccc4n5-c4ccc5oc6ccc(-c7ccccc7)cc6c5c4)n3)c2)cc1. The fourth-order valence-corrected chi connectivity index (χ4v) is 7.92. The molecule has 0 aliphatic rings. The highest BCUT2D eigenvalue weighted by molar-refractivity contribution is 6.11. The van der Waals surface area contributed by atoms with E-state index in [1.165, 1.54) is 5.56 Å². The zero-order chi connectivity index (χ0) is 37.0. The Morgan fingerprint density at radius 3 is 1.50 bits per heavy atom. The van der Waals surface area contributed by atoms with E-state index >= 15 is 0 Å². The highest BCUT2D eigenvalue weighted by Gasteiger charge is 2.18. The number of furan rings is 1. The molecule has 0 fully saturated rings. The quantitative estimate of drug-likeness (QED) is 0.172. The van der Waals surface area contributed by atoms with Gasteiger partial charge < -0.3 is 8.98 Å². The van der Waals surface area contributed by atoms with Crippen molar-refractivity contribution in [1.29, 1.82) is 0 Å². The van der Waals surface area contributed by atoms with Gasteiger partial charge in [-0.1, -0.05) is 133 Å². The number of para-hydroxylation sites is 1. The summed E-state index contributed by atoms with van der Waals surface area (Å²) < 4.78 is 8.68. The third kappa shape index (κ3) is 5.45. The minimum absolute atomic E-state index is 0.623. The van der Waals surface area contributed by atoms with E-state index in [-0.39, 0.29) is 0 Å². The van der Waals surface area contributed by atoms with Crippen molar-refractivity contribution in [1.82, 2.24) is 19.5 Å². The summed E-state index contributed by atoms with van der Waals surface area (Å²) in [4.78, 5) is 15.2. The Labute approximate surface area is 322 Å². The van der Waals surface area contributed by atoms with E-state index in [0.29, 0.717) is 17.5 Å². The molecule has 0 atom stereocenters. The van der Waals surface area contributed by atoms with Crippen LogP contribution in [0.5, 0.6) is 0 Å². The van der Waals surface area contributed by atoms with E-state index in [2.05, 4.69) is 156 Å². The summed E-state index contributed by atoms with van der Waals surface area (Å²) in [6.45, 7) is 0. The van der Waals surface area contributed by atoms with Crippen LogP contribution in [0, 0.1) is 0 Å². The van der Waals surface area contributed by atoms with Gasteiger partial charge in [-0.2, -0.15) is 0 Å². The van der Waals surface area contributed by atoms with Gasteiger partial charge in [0.2, 0.25) is 0 Å². The largest absolute Gasteiger partial charge is 0.456 e. The van der Waals surface area contributed by atoms with E-state index in [9.17, 15) is 0 Å². The van der Waals surface area contributed by atoms with Crippen LogP contribution in [0.15, 0.2) is 199 Å². The second-order valence-electron chi connectivity index (χ2n) is 14.1. The zero-order valence-corrected chi connectivity index (χ0v) is 30.2. The highest BCUT2D eigenvalue weighted by Crippen LogP contribution is 2.38. The van der Waals surface area contributed by atoms with Crippen molar-refractivity contribution in [2.45, 2.75) is 0 Å². The van der Waals surface area contributed by atoms with Gasteiger partial charge in [0.1, 0.15) is 11.2 Å². The fourth-order valence-electron chi connectivity index (χ4n) is 7.92. The first-order chi connectivity index (χ1) is 27.7. The molecule has 0 saturated carbocycles. The van der Waals surface area contributed by atoms with Crippen LogP contribution in [0.1, 0.15) is 0 Å². The lowest BCUT2D eigenvalue weighted by atomic mass is 10.0. The van der Waals surface area contributed by atoms with E-state index in [1.807, 2.05) is 42.5 Å². The van der Waals surface area contributed by atoms with Gasteiger partial charge in [-0.3, -0.25) is 0 Å². The Morgan fingerprint density at radius 2 is 0.786 bits per heavy atom. The molecule has 56 heavy (non-hydrogen) atoms. The standard InChI is InChI=1S/C51H32N4O/c1-4-13-33(14-5-1)36-19-12-20-38(29-36)50-52-49(35-17-8-3-9-18-35)53-51(54-50)39-23-26-46-42(31-39)41-21-10-11-22-45(41)55(46)40-25-28-48-44(32-40)43-30-37(24-27-47(43)56-48)34-15-6-2-7-16-34/h1-32H. The van der Waals surface area contributed by atoms with Crippen LogP contribution in [-0.4, -0.2) is 19.5 Å². The van der Waals surface area contributed by atoms with Gasteiger partial charge in [-0.15, -0.1) is 0 Å². The Balaban J connectivity index is 1.07. The summed E-state index contributed by atoms with van der Waals surface area (Å²) in [5.41, 5.74) is 12.4. The molecule has 0 aliphatic carbocycles. The average Bonchev–Trinajstić information content (AvgIpc) is 3.81. The topological polar surface area (TPSA) is 56.7 Å². The third-order valence-electron chi connectivity index (χ3n) is 10.6. The first kappa shape index (κ1) is 31.9. The molecule has 0 spiro atoms. The second kappa shape index (κ2) is 13.0. The maximum Gasteiger partial charge on any atom is 0.164 e. The molecule has 3 heterocycles. The average molecular weight is 717 g/mol. The molecule has 11 rings (SSSR count). The molecule has 262 valence electrons. The number of hydrogen-bond donors (Lipinski definition) is 0. The van der Waals surface area contributed by atoms with Crippen molar-refractivity contribution >= 4 is 43.7 Å². The van der Waals surface area contributed by atoms with Crippen LogP contribution in [0.3, 0.4) is 0 Å². The number of nitrogens with zero attached hydrogens (tertiary/aromatic N) is 4. The third-order valence-corrected chi connectivity index (χ3v) is 10.6. The van der Waals surface area contributed by atoms with Crippen molar-refractivity contribution in [3.63, 3.8) is 0 Å². The van der Waals surface area contributed by atoms with Crippen LogP contribution in [-0.2, 0) is 0 Å². The molecule has 0 aliphatic heterocycles. The van der Waals surface area contributed by atoms with Gasteiger partial charge in [0.25, 0.3) is 0 Å². The van der Waals surface area contributed by atoms with Crippen LogP contribution >= 0.6 is 0 Å². The van der Waals surface area contributed by atoms with Crippen molar-refractivity contribution < 1.29 is 4.42 Å². The summed E-state index contributed by atoms with van der Waals surface area (Å²) >= 11 is 0. The lowest BCUT2D eigenvalue weighted by Crippen LogP contribution is -2.00. The molecule has 0 N–H and O–H groups in total. The van der Waals surface area contributed by atoms with E-state index < -0.39 is 0 Å². The van der Waals surface area contributed by atoms with Crippen molar-refractivity contribution in [2.24, 2.45) is 0 Å². The van der Waals surface area contributed by atoms with Gasteiger partial charge in [0.05, 0.1) is 11.0 Å². The van der Waals surface area contributed by atoms with E-state index in [4.69, 9.17) is 19.4 Å². The van der Waals surface area contributed by atoms with E-state index in [0.717, 1.165) is 82.8 Å². The molecule has 0 unspecified atom stereocenters. The zero-order valence-electron chi connectivity index (χ0n) is 30.2. The molecule has 0 bridgehead atoms. The molecule has 0 radical (unpaired) electrons. The minimum atomic E-state index is 0.623. The van der Waals surface area contributed by atoms with Crippen molar-refractivity contribution in [3.05, 3.63) is 194 Å². The summed E-state index contributed by atoms with van der Waals surface area (Å²) in [5, 5.41) is 4.46. The summed E-state index contributed by atoms with van der Waals surface area (Å²) in [7, 11) is 0. The maximum absolute atomic E-state index is 6.34. The van der Waals surface area contributed by atoms with Crippen molar-refractivity contribution in [2.75, 3.05) is 0 Å². The molecule has 3 aromatic heterocycles. The molecule has 11 aromatic rings. The first-order valence-electron chi connectivity index (χ1n) is 18.8. The summed E-state index contributed by atoms with van der Waals surface area (Å²) in [6.07, 6.45) is 0. The predicted octanol–water partition coefficient (Wildman–Crippen LogP) is 13.2. The summed E-state index contributed by atoms with van der Waals surface area (Å²) in [5.74, 6) is 1.89. The fraction of sp³-hybridized carbons (Fsp3) is 0. The van der Waals surface area contributed by atoms with Gasteiger partial charge in [-0.25, -0.2) is 15.0 Å². The normalized spacial score (nSPS) is 11.6. The van der Waals surface area contributed by atoms with E-state index in [1.54, 1.807) is 0 Å². The van der Waals surface area contributed by atoms with Gasteiger partial charge in [0, 0.05) is 43.9 Å². The number of benzene rings is 8. The smallest absolute Gasteiger partial charge is 0.164 e. The monoisotopic (exact) mass is 716 g/mol. The summed E-state index contributed by atoms with van der Waals surface area (Å²) in [6, 6.07) is 67.5. The Morgan fingerprint density at radius 1 is 0.304 bits per heavy atom. The first-order valence-corrected chi connectivity index (χ1v) is 18.8.